The molecule has 0 radical (unpaired) electrons. The molecule has 31 heavy (non-hydrogen) atoms. The number of benzene rings is 1. The van der Waals surface area contributed by atoms with Gasteiger partial charge in [-0.2, -0.15) is 0 Å². The number of piperazine rings is 1. The van der Waals surface area contributed by atoms with Crippen LogP contribution in [0.5, 0.6) is 5.75 Å². The van der Waals surface area contributed by atoms with Gasteiger partial charge in [-0.05, 0) is 37.1 Å². The normalized spacial score (nSPS) is 15.5. The largest absolute Gasteiger partial charge is 0.493 e. The molecule has 0 spiro atoms. The van der Waals surface area contributed by atoms with Gasteiger partial charge < -0.3 is 19.9 Å². The summed E-state index contributed by atoms with van der Waals surface area (Å²) < 4.78 is 5.57. The monoisotopic (exact) mass is 425 g/mol. The van der Waals surface area contributed by atoms with Crippen LogP contribution in [-0.4, -0.2) is 60.5 Å². The lowest BCUT2D eigenvalue weighted by molar-refractivity contribution is -0.917. The molecule has 166 valence electrons. The number of amides is 2. The average Bonchev–Trinajstić information content (AvgIpc) is 2.78. The number of para-hydroxylation sites is 1. The van der Waals surface area contributed by atoms with Crippen molar-refractivity contribution in [2.45, 2.75) is 33.4 Å². The number of pyridine rings is 1. The second-order valence-electron chi connectivity index (χ2n) is 8.23. The number of carbonyl (C=O) groups is 2. The lowest BCUT2D eigenvalue weighted by Crippen LogP contribution is -3.13. The molecular weight excluding hydrogens is 392 g/mol. The highest BCUT2D eigenvalue weighted by Crippen LogP contribution is 2.19. The van der Waals surface area contributed by atoms with Gasteiger partial charge in [-0.25, -0.2) is 0 Å². The summed E-state index contributed by atoms with van der Waals surface area (Å²) in [6, 6.07) is 10.6. The van der Waals surface area contributed by atoms with Gasteiger partial charge in [0, 0.05) is 18.0 Å². The van der Waals surface area contributed by atoms with Crippen molar-refractivity contribution in [3.63, 3.8) is 0 Å². The average molecular weight is 426 g/mol. The zero-order chi connectivity index (χ0) is 22.2. The molecule has 1 aromatic heterocycles. The van der Waals surface area contributed by atoms with Crippen molar-refractivity contribution in [3.8, 4) is 5.75 Å². The van der Waals surface area contributed by atoms with Gasteiger partial charge in [0.2, 0.25) is 5.91 Å². The summed E-state index contributed by atoms with van der Waals surface area (Å²) in [5.74, 6) is 0.224. The van der Waals surface area contributed by atoms with Crippen molar-refractivity contribution in [2.75, 3.05) is 32.8 Å². The minimum atomic E-state index is -0.566. The molecule has 1 fully saturated rings. The van der Waals surface area contributed by atoms with Crippen molar-refractivity contribution in [1.29, 1.82) is 0 Å². The number of quaternary nitrogens is 1. The third-order valence-corrected chi connectivity index (χ3v) is 5.64. The Morgan fingerprint density at radius 3 is 2.45 bits per heavy atom. The Morgan fingerprint density at radius 2 is 1.81 bits per heavy atom. The van der Waals surface area contributed by atoms with Crippen LogP contribution in [0.3, 0.4) is 0 Å². The van der Waals surface area contributed by atoms with E-state index >= 15 is 0 Å². The van der Waals surface area contributed by atoms with E-state index in [0.717, 1.165) is 19.6 Å². The standard InChI is InChI=1S/C24H32N4O3/c1-4-31-21-8-6-5-7-20(21)23(29)26-22(18(2)3)24(30)28-15-13-27(14-16-28)17-19-9-11-25-12-10-19/h5-12,18,22H,4,13-17H2,1-3H3,(H,26,29)/p+1/t22-/m0/s1. The van der Waals surface area contributed by atoms with E-state index in [9.17, 15) is 9.59 Å². The van der Waals surface area contributed by atoms with E-state index in [-0.39, 0.29) is 17.7 Å². The van der Waals surface area contributed by atoms with Gasteiger partial charge in [0.1, 0.15) is 18.3 Å². The van der Waals surface area contributed by atoms with E-state index in [1.165, 1.54) is 10.5 Å². The summed E-state index contributed by atoms with van der Waals surface area (Å²) >= 11 is 0. The highest BCUT2D eigenvalue weighted by Gasteiger charge is 2.32. The molecule has 7 heteroatoms. The summed E-state index contributed by atoms with van der Waals surface area (Å²) in [6.07, 6.45) is 3.63. The van der Waals surface area contributed by atoms with Crippen molar-refractivity contribution < 1.29 is 19.2 Å². The van der Waals surface area contributed by atoms with Gasteiger partial charge >= 0.3 is 0 Å². The zero-order valence-corrected chi connectivity index (χ0v) is 18.6. The topological polar surface area (TPSA) is 76.0 Å². The van der Waals surface area contributed by atoms with Crippen LogP contribution in [0.2, 0.25) is 0 Å². The number of ether oxygens (including phenoxy) is 1. The Labute approximate surface area is 184 Å². The Morgan fingerprint density at radius 1 is 1.13 bits per heavy atom. The molecule has 0 saturated carbocycles. The van der Waals surface area contributed by atoms with E-state index in [0.29, 0.717) is 31.0 Å². The minimum Gasteiger partial charge on any atom is -0.493 e. The van der Waals surface area contributed by atoms with Crippen LogP contribution < -0.4 is 15.0 Å². The van der Waals surface area contributed by atoms with Crippen LogP contribution in [0.4, 0.5) is 0 Å². The van der Waals surface area contributed by atoms with E-state index in [1.807, 2.05) is 56.3 Å². The van der Waals surface area contributed by atoms with Gasteiger partial charge in [-0.3, -0.25) is 14.6 Å². The van der Waals surface area contributed by atoms with Gasteiger partial charge in [0.15, 0.2) is 0 Å². The first-order chi connectivity index (χ1) is 15.0. The first kappa shape index (κ1) is 22.7. The van der Waals surface area contributed by atoms with Crippen molar-refractivity contribution in [2.24, 2.45) is 5.92 Å². The van der Waals surface area contributed by atoms with Crippen molar-refractivity contribution in [3.05, 3.63) is 59.9 Å². The molecule has 2 amide bonds. The maximum Gasteiger partial charge on any atom is 0.255 e. The number of nitrogens with one attached hydrogen (secondary N) is 2. The molecule has 2 N–H and O–H groups in total. The molecule has 1 aliphatic heterocycles. The summed E-state index contributed by atoms with van der Waals surface area (Å²) in [7, 11) is 0. The molecule has 3 rings (SSSR count). The lowest BCUT2D eigenvalue weighted by atomic mass is 10.0. The van der Waals surface area contributed by atoms with E-state index in [2.05, 4.69) is 10.3 Å². The van der Waals surface area contributed by atoms with Gasteiger partial charge in [-0.1, -0.05) is 26.0 Å². The molecule has 0 bridgehead atoms. The molecule has 1 saturated heterocycles. The molecule has 2 aromatic rings. The molecule has 7 nitrogen and oxygen atoms in total. The van der Waals surface area contributed by atoms with Crippen LogP contribution in [0.25, 0.3) is 0 Å². The van der Waals surface area contributed by atoms with Gasteiger partial charge in [0.05, 0.1) is 38.3 Å². The number of hydrogen-bond acceptors (Lipinski definition) is 4. The predicted octanol–water partition coefficient (Wildman–Crippen LogP) is 1.16. The highest BCUT2D eigenvalue weighted by molar-refractivity contribution is 5.99. The smallest absolute Gasteiger partial charge is 0.255 e. The minimum absolute atomic E-state index is 0.0137. The van der Waals surface area contributed by atoms with Crippen molar-refractivity contribution in [1.82, 2.24) is 15.2 Å². The first-order valence-corrected chi connectivity index (χ1v) is 11.0. The molecule has 2 heterocycles. The highest BCUT2D eigenvalue weighted by atomic mass is 16.5. The second kappa shape index (κ2) is 10.9. The van der Waals surface area contributed by atoms with Crippen LogP contribution in [-0.2, 0) is 11.3 Å². The fraction of sp³-hybridized carbons (Fsp3) is 0.458. The summed E-state index contributed by atoms with van der Waals surface area (Å²) in [6.45, 7) is 10.4. The predicted molar refractivity (Wildman–Crippen MR) is 119 cm³/mol. The lowest BCUT2D eigenvalue weighted by Gasteiger charge is -2.35. The SMILES string of the molecule is CCOc1ccccc1C(=O)N[C@H](C(=O)N1CC[NH+](Cc2ccncc2)CC1)C(C)C. The second-order valence-corrected chi connectivity index (χ2v) is 8.23. The van der Waals surface area contributed by atoms with Crippen molar-refractivity contribution >= 4 is 11.8 Å². The Kier molecular flexibility index (Phi) is 8.00. The number of rotatable bonds is 8. The number of aromatic nitrogens is 1. The molecular formula is C24H33N4O3+. The third kappa shape index (κ3) is 6.04. The first-order valence-electron chi connectivity index (χ1n) is 11.0. The van der Waals surface area contributed by atoms with E-state index < -0.39 is 6.04 Å². The Bertz CT molecular complexity index is 864. The number of hydrogen-bond donors (Lipinski definition) is 2. The van der Waals surface area contributed by atoms with E-state index in [4.69, 9.17) is 4.74 Å². The molecule has 1 aliphatic rings. The van der Waals surface area contributed by atoms with Crippen LogP contribution >= 0.6 is 0 Å². The number of carbonyl (C=O) groups excluding carboxylic acids is 2. The van der Waals surface area contributed by atoms with Crippen LogP contribution in [0.1, 0.15) is 36.7 Å². The maximum absolute atomic E-state index is 13.2. The quantitative estimate of drug-likeness (QED) is 0.666. The third-order valence-electron chi connectivity index (χ3n) is 5.64. The van der Waals surface area contributed by atoms with E-state index in [1.54, 1.807) is 18.2 Å². The fourth-order valence-corrected chi connectivity index (χ4v) is 3.87. The molecule has 0 aliphatic carbocycles. The summed E-state index contributed by atoms with van der Waals surface area (Å²) in [5.41, 5.74) is 1.71. The summed E-state index contributed by atoms with van der Waals surface area (Å²) in [4.78, 5) is 33.6. The van der Waals surface area contributed by atoms with Gasteiger partial charge in [-0.15, -0.1) is 0 Å². The molecule has 1 atom stereocenters. The summed E-state index contributed by atoms with van der Waals surface area (Å²) in [5, 5.41) is 2.96. The zero-order valence-electron chi connectivity index (χ0n) is 18.6. The maximum atomic E-state index is 13.2. The molecule has 1 aromatic carbocycles. The van der Waals surface area contributed by atoms with Crippen LogP contribution in [0.15, 0.2) is 48.8 Å². The van der Waals surface area contributed by atoms with Crippen LogP contribution in [0, 0.1) is 5.92 Å². The Balaban J connectivity index is 1.60. The molecule has 0 unspecified atom stereocenters. The Hall–Kier alpha value is -2.93. The fourth-order valence-electron chi connectivity index (χ4n) is 3.87. The van der Waals surface area contributed by atoms with Gasteiger partial charge in [0.25, 0.3) is 5.91 Å². The number of nitrogens with zero attached hydrogens (tertiary/aromatic N) is 2.